The minimum atomic E-state index is 0.742. The van der Waals surface area contributed by atoms with Gasteiger partial charge in [0.1, 0.15) is 0 Å². The summed E-state index contributed by atoms with van der Waals surface area (Å²) in [4.78, 5) is 5.09. The zero-order valence-electron chi connectivity index (χ0n) is 11.3. The average Bonchev–Trinajstić information content (AvgIpc) is 2.34. The molecule has 0 amide bonds. The number of unbranched alkanes of at least 4 members (excludes halogenated alkanes) is 1. The highest BCUT2D eigenvalue weighted by Crippen LogP contribution is 2.06. The Balaban J connectivity index is 2.10. The summed E-state index contributed by atoms with van der Waals surface area (Å²) in [6.45, 7) is 11.9. The number of nitrogens with one attached hydrogen (secondary N) is 1. The van der Waals surface area contributed by atoms with Gasteiger partial charge in [0.15, 0.2) is 0 Å². The maximum atomic E-state index is 3.41. The largest absolute Gasteiger partial charge is 0.314 e. The molecule has 1 aliphatic heterocycles. The summed E-state index contributed by atoms with van der Waals surface area (Å²) in [5.41, 5.74) is 0. The molecule has 1 unspecified atom stereocenters. The molecule has 0 aromatic carbocycles. The molecule has 0 aromatic rings. The number of nitrogens with zero attached hydrogens (tertiary/aromatic N) is 2. The maximum Gasteiger partial charge on any atom is 0.0110 e. The molecule has 1 rings (SSSR count). The first-order valence-corrected chi connectivity index (χ1v) is 6.87. The zero-order valence-corrected chi connectivity index (χ0v) is 11.3. The lowest BCUT2D eigenvalue weighted by atomic mass is 10.1. The van der Waals surface area contributed by atoms with E-state index in [0.29, 0.717) is 0 Å². The van der Waals surface area contributed by atoms with E-state index >= 15 is 0 Å². The third kappa shape index (κ3) is 5.28. The molecule has 1 atom stereocenters. The second-order valence-electron chi connectivity index (χ2n) is 5.08. The van der Waals surface area contributed by atoms with Crippen LogP contribution < -0.4 is 5.32 Å². The van der Waals surface area contributed by atoms with E-state index in [9.17, 15) is 0 Å². The molecule has 3 heteroatoms. The molecule has 0 aliphatic carbocycles. The van der Waals surface area contributed by atoms with Crippen LogP contribution in [0.1, 0.15) is 33.1 Å². The predicted octanol–water partition coefficient (Wildman–Crippen LogP) is 1.40. The fraction of sp³-hybridized carbons (Fsp3) is 1.00. The highest BCUT2D eigenvalue weighted by molar-refractivity contribution is 4.74. The second kappa shape index (κ2) is 8.04. The van der Waals surface area contributed by atoms with Gasteiger partial charge in [0.25, 0.3) is 0 Å². The number of piperazine rings is 1. The van der Waals surface area contributed by atoms with Gasteiger partial charge in [-0.3, -0.25) is 4.90 Å². The summed E-state index contributed by atoms with van der Waals surface area (Å²) in [5.74, 6) is 0. The minimum absolute atomic E-state index is 0.742. The Morgan fingerprint density at radius 3 is 2.56 bits per heavy atom. The SMILES string of the molecule is CCCCN(C)CCC(C)N1CCNCC1. The van der Waals surface area contributed by atoms with E-state index in [4.69, 9.17) is 0 Å². The average molecular weight is 227 g/mol. The van der Waals surface area contributed by atoms with E-state index in [0.717, 1.165) is 19.1 Å². The van der Waals surface area contributed by atoms with Crippen molar-refractivity contribution in [3.05, 3.63) is 0 Å². The van der Waals surface area contributed by atoms with Crippen LogP contribution in [-0.2, 0) is 0 Å². The van der Waals surface area contributed by atoms with Gasteiger partial charge >= 0.3 is 0 Å². The Hall–Kier alpha value is -0.120. The maximum absolute atomic E-state index is 3.41. The fourth-order valence-electron chi connectivity index (χ4n) is 2.25. The number of hydrogen-bond acceptors (Lipinski definition) is 3. The Morgan fingerprint density at radius 2 is 1.94 bits per heavy atom. The van der Waals surface area contributed by atoms with Crippen LogP contribution in [0.3, 0.4) is 0 Å². The van der Waals surface area contributed by atoms with Crippen LogP contribution in [0.5, 0.6) is 0 Å². The summed E-state index contributed by atoms with van der Waals surface area (Å²) in [7, 11) is 2.25. The minimum Gasteiger partial charge on any atom is -0.314 e. The first-order valence-electron chi connectivity index (χ1n) is 6.87. The van der Waals surface area contributed by atoms with Crippen molar-refractivity contribution in [1.82, 2.24) is 15.1 Å². The standard InChI is InChI=1S/C13H29N3/c1-4-5-9-15(3)10-6-13(2)16-11-7-14-8-12-16/h13-14H,4-12H2,1-3H3. The van der Waals surface area contributed by atoms with Gasteiger partial charge in [0.05, 0.1) is 0 Å². The van der Waals surface area contributed by atoms with Crippen LogP contribution >= 0.6 is 0 Å². The van der Waals surface area contributed by atoms with Crippen LogP contribution in [0.4, 0.5) is 0 Å². The lowest BCUT2D eigenvalue weighted by molar-refractivity contribution is 0.163. The van der Waals surface area contributed by atoms with E-state index in [2.05, 4.69) is 36.0 Å². The lowest BCUT2D eigenvalue weighted by Crippen LogP contribution is -2.48. The molecule has 0 saturated carbocycles. The number of rotatable bonds is 7. The van der Waals surface area contributed by atoms with E-state index in [1.54, 1.807) is 0 Å². The first kappa shape index (κ1) is 13.9. The zero-order chi connectivity index (χ0) is 11.8. The van der Waals surface area contributed by atoms with E-state index in [1.165, 1.54) is 45.4 Å². The fourth-order valence-corrected chi connectivity index (χ4v) is 2.25. The van der Waals surface area contributed by atoms with Gasteiger partial charge in [-0.15, -0.1) is 0 Å². The molecule has 0 aromatic heterocycles. The van der Waals surface area contributed by atoms with Gasteiger partial charge in [-0.2, -0.15) is 0 Å². The molecule has 1 aliphatic rings. The summed E-state index contributed by atoms with van der Waals surface area (Å²) < 4.78 is 0. The molecular weight excluding hydrogens is 198 g/mol. The van der Waals surface area contributed by atoms with Crippen molar-refractivity contribution in [3.63, 3.8) is 0 Å². The van der Waals surface area contributed by atoms with Crippen molar-refractivity contribution in [2.24, 2.45) is 0 Å². The van der Waals surface area contributed by atoms with Crippen LogP contribution in [0, 0.1) is 0 Å². The molecule has 0 spiro atoms. The van der Waals surface area contributed by atoms with Gasteiger partial charge in [0.2, 0.25) is 0 Å². The molecule has 1 fully saturated rings. The van der Waals surface area contributed by atoms with E-state index in [-0.39, 0.29) is 0 Å². The first-order chi connectivity index (χ1) is 7.74. The van der Waals surface area contributed by atoms with Crippen LogP contribution in [-0.4, -0.2) is 62.2 Å². The van der Waals surface area contributed by atoms with E-state index in [1.807, 2.05) is 0 Å². The van der Waals surface area contributed by atoms with Crippen LogP contribution in [0.15, 0.2) is 0 Å². The lowest BCUT2D eigenvalue weighted by Gasteiger charge is -2.33. The summed E-state index contributed by atoms with van der Waals surface area (Å²) >= 11 is 0. The Bertz CT molecular complexity index is 167. The molecule has 0 bridgehead atoms. The molecule has 1 heterocycles. The topological polar surface area (TPSA) is 18.5 Å². The van der Waals surface area contributed by atoms with Crippen LogP contribution in [0.25, 0.3) is 0 Å². The van der Waals surface area contributed by atoms with Crippen molar-refractivity contribution < 1.29 is 0 Å². The molecule has 0 radical (unpaired) electrons. The molecule has 96 valence electrons. The highest BCUT2D eigenvalue weighted by Gasteiger charge is 2.16. The normalized spacial score (nSPS) is 20.2. The van der Waals surface area contributed by atoms with Crippen molar-refractivity contribution in [3.8, 4) is 0 Å². The monoisotopic (exact) mass is 227 g/mol. The van der Waals surface area contributed by atoms with E-state index < -0.39 is 0 Å². The van der Waals surface area contributed by atoms with Gasteiger partial charge < -0.3 is 10.2 Å². The van der Waals surface area contributed by atoms with Gasteiger partial charge in [-0.05, 0) is 39.9 Å². The van der Waals surface area contributed by atoms with Crippen molar-refractivity contribution in [2.75, 3.05) is 46.3 Å². The van der Waals surface area contributed by atoms with Crippen LogP contribution in [0.2, 0.25) is 0 Å². The smallest absolute Gasteiger partial charge is 0.0110 e. The third-order valence-electron chi connectivity index (χ3n) is 3.60. The molecule has 1 saturated heterocycles. The molecule has 16 heavy (non-hydrogen) atoms. The Labute approximate surface area is 101 Å². The van der Waals surface area contributed by atoms with Crippen molar-refractivity contribution in [2.45, 2.75) is 39.2 Å². The van der Waals surface area contributed by atoms with Crippen molar-refractivity contribution in [1.29, 1.82) is 0 Å². The third-order valence-corrected chi connectivity index (χ3v) is 3.60. The molecule has 1 N–H and O–H groups in total. The quantitative estimate of drug-likeness (QED) is 0.709. The summed E-state index contributed by atoms with van der Waals surface area (Å²) in [6, 6.07) is 0.742. The highest BCUT2D eigenvalue weighted by atomic mass is 15.2. The van der Waals surface area contributed by atoms with Gasteiger partial charge in [-0.25, -0.2) is 0 Å². The summed E-state index contributed by atoms with van der Waals surface area (Å²) in [6.07, 6.45) is 3.94. The molecular formula is C13H29N3. The predicted molar refractivity (Wildman–Crippen MR) is 70.9 cm³/mol. The summed E-state index contributed by atoms with van der Waals surface area (Å²) in [5, 5.41) is 3.41. The Kier molecular flexibility index (Phi) is 7.01. The second-order valence-corrected chi connectivity index (χ2v) is 5.08. The van der Waals surface area contributed by atoms with Crippen molar-refractivity contribution >= 4 is 0 Å². The molecule has 3 nitrogen and oxygen atoms in total. The van der Waals surface area contributed by atoms with Gasteiger partial charge in [-0.1, -0.05) is 13.3 Å². The number of hydrogen-bond donors (Lipinski definition) is 1. The van der Waals surface area contributed by atoms with Gasteiger partial charge in [0, 0.05) is 32.2 Å². The Morgan fingerprint density at radius 1 is 1.25 bits per heavy atom.